The lowest BCUT2D eigenvalue weighted by Gasteiger charge is -1.87. The van der Waals surface area contributed by atoms with Gasteiger partial charge in [0.1, 0.15) is 6.33 Å². The Bertz CT molecular complexity index is 443. The van der Waals surface area contributed by atoms with Crippen molar-refractivity contribution >= 4 is 11.2 Å². The molecule has 2 aromatic rings. The van der Waals surface area contributed by atoms with Crippen LogP contribution in [0.15, 0.2) is 17.4 Å². The summed E-state index contributed by atoms with van der Waals surface area (Å²) < 4.78 is 0.640. The summed E-state index contributed by atoms with van der Waals surface area (Å²) in [5.74, 6) is 0. The third kappa shape index (κ3) is 0.689. The molecule has 2 rings (SSSR count). The molecular weight excluding hydrogens is 148 g/mol. The molecule has 6 nitrogen and oxygen atoms in total. The van der Waals surface area contributed by atoms with Gasteiger partial charge in [0.15, 0.2) is 11.2 Å². The molecule has 0 aliphatic rings. The summed E-state index contributed by atoms with van der Waals surface area (Å²) in [6.45, 7) is 0. The van der Waals surface area contributed by atoms with Gasteiger partial charge in [0.05, 0.1) is 6.33 Å². The lowest BCUT2D eigenvalue weighted by molar-refractivity contribution is 0.197. The molecule has 0 aromatic carbocycles. The summed E-state index contributed by atoms with van der Waals surface area (Å²) in [6, 6.07) is 0. The van der Waals surface area contributed by atoms with E-state index in [9.17, 15) is 4.79 Å². The number of rotatable bonds is 0. The van der Waals surface area contributed by atoms with Crippen LogP contribution in [0.2, 0.25) is 0 Å². The first-order chi connectivity index (χ1) is 5.29. The van der Waals surface area contributed by atoms with E-state index in [2.05, 4.69) is 15.0 Å². The van der Waals surface area contributed by atoms with Crippen LogP contribution in [-0.4, -0.2) is 24.9 Å². The molecule has 0 fully saturated rings. The first-order valence-corrected chi connectivity index (χ1v) is 2.89. The Hall–Kier alpha value is -1.85. The molecule has 0 saturated carbocycles. The van der Waals surface area contributed by atoms with Gasteiger partial charge in [-0.15, -0.1) is 0 Å². The molecule has 0 atom stereocenters. The van der Waals surface area contributed by atoms with Gasteiger partial charge in [-0.3, -0.25) is 4.79 Å². The van der Waals surface area contributed by atoms with Crippen molar-refractivity contribution in [3.8, 4) is 0 Å². The van der Waals surface area contributed by atoms with Crippen LogP contribution in [0.3, 0.4) is 0 Å². The smallest absolute Gasteiger partial charge is 0.280 e. The SMILES string of the molecule is O=c1[nH]cnc2ncn(O)c12. The fraction of sp³-hybridized carbons (Fsp3) is 0. The first kappa shape index (κ1) is 5.90. The highest BCUT2D eigenvalue weighted by Gasteiger charge is 2.04. The van der Waals surface area contributed by atoms with Crippen LogP contribution < -0.4 is 5.56 Å². The summed E-state index contributed by atoms with van der Waals surface area (Å²) in [6.07, 6.45) is 2.35. The van der Waals surface area contributed by atoms with Crippen molar-refractivity contribution in [1.82, 2.24) is 19.7 Å². The van der Waals surface area contributed by atoms with Crippen LogP contribution in [0, 0.1) is 0 Å². The van der Waals surface area contributed by atoms with Gasteiger partial charge in [-0.25, -0.2) is 9.97 Å². The molecule has 0 radical (unpaired) electrons. The van der Waals surface area contributed by atoms with Crippen LogP contribution in [0.4, 0.5) is 0 Å². The van der Waals surface area contributed by atoms with E-state index in [1.54, 1.807) is 0 Å². The number of hydrogen-bond acceptors (Lipinski definition) is 4. The summed E-state index contributed by atoms with van der Waals surface area (Å²) >= 11 is 0. The maximum absolute atomic E-state index is 10.9. The Morgan fingerprint density at radius 1 is 1.55 bits per heavy atom. The maximum atomic E-state index is 10.9. The Balaban J connectivity index is 3.08. The lowest BCUT2D eigenvalue weighted by Crippen LogP contribution is -2.09. The van der Waals surface area contributed by atoms with E-state index in [1.165, 1.54) is 6.33 Å². The molecule has 11 heavy (non-hydrogen) atoms. The van der Waals surface area contributed by atoms with Crippen LogP contribution >= 0.6 is 0 Å². The maximum Gasteiger partial charge on any atom is 0.280 e. The summed E-state index contributed by atoms with van der Waals surface area (Å²) in [5.41, 5.74) is -0.112. The van der Waals surface area contributed by atoms with Crippen LogP contribution in [0.5, 0.6) is 0 Å². The highest BCUT2D eigenvalue weighted by molar-refractivity contribution is 5.68. The van der Waals surface area contributed by atoms with Crippen molar-refractivity contribution in [2.75, 3.05) is 0 Å². The topological polar surface area (TPSA) is 83.8 Å². The van der Waals surface area contributed by atoms with Gasteiger partial charge in [-0.1, -0.05) is 0 Å². The van der Waals surface area contributed by atoms with E-state index in [0.717, 1.165) is 6.33 Å². The molecule has 0 aliphatic carbocycles. The Morgan fingerprint density at radius 2 is 2.36 bits per heavy atom. The second-order valence-corrected chi connectivity index (χ2v) is 1.99. The summed E-state index contributed by atoms with van der Waals surface area (Å²) in [4.78, 5) is 20.6. The van der Waals surface area contributed by atoms with Gasteiger partial charge in [-0.2, -0.15) is 4.73 Å². The lowest BCUT2D eigenvalue weighted by atomic mass is 10.5. The van der Waals surface area contributed by atoms with Crippen molar-refractivity contribution < 1.29 is 5.21 Å². The van der Waals surface area contributed by atoms with Crippen molar-refractivity contribution in [2.45, 2.75) is 0 Å². The van der Waals surface area contributed by atoms with Gasteiger partial charge in [0.25, 0.3) is 5.56 Å². The predicted octanol–water partition coefficient (Wildman–Crippen LogP) is -0.643. The quantitative estimate of drug-likeness (QED) is 0.491. The number of fused-ring (bicyclic) bond motifs is 1. The van der Waals surface area contributed by atoms with E-state index in [-0.39, 0.29) is 11.2 Å². The molecule has 2 N–H and O–H groups in total. The van der Waals surface area contributed by atoms with Crippen LogP contribution in [0.25, 0.3) is 11.2 Å². The minimum absolute atomic E-state index is 0.0625. The van der Waals surface area contributed by atoms with E-state index >= 15 is 0 Å². The summed E-state index contributed by atoms with van der Waals surface area (Å²) in [5, 5.41) is 8.99. The van der Waals surface area contributed by atoms with Crippen molar-refractivity contribution in [1.29, 1.82) is 0 Å². The number of nitrogens with one attached hydrogen (secondary N) is 1. The molecule has 0 spiro atoms. The zero-order valence-electron chi connectivity index (χ0n) is 5.35. The molecular formula is C5H4N4O2. The number of H-pyrrole nitrogens is 1. The molecule has 0 aliphatic heterocycles. The summed E-state index contributed by atoms with van der Waals surface area (Å²) in [7, 11) is 0. The van der Waals surface area contributed by atoms with Crippen LogP contribution in [0.1, 0.15) is 0 Å². The van der Waals surface area contributed by atoms with Gasteiger partial charge < -0.3 is 10.2 Å². The second-order valence-electron chi connectivity index (χ2n) is 1.99. The number of aromatic nitrogens is 4. The van der Waals surface area contributed by atoms with Gasteiger partial charge >= 0.3 is 0 Å². The number of aromatic amines is 1. The molecule has 0 bridgehead atoms. The minimum atomic E-state index is -0.407. The predicted molar refractivity (Wildman–Crippen MR) is 35.3 cm³/mol. The third-order valence-electron chi connectivity index (χ3n) is 1.33. The van der Waals surface area contributed by atoms with Gasteiger partial charge in [-0.05, 0) is 0 Å². The minimum Gasteiger partial charge on any atom is -0.427 e. The number of imidazole rings is 1. The Labute approximate surface area is 60.1 Å². The number of hydrogen-bond donors (Lipinski definition) is 2. The molecule has 0 saturated heterocycles. The van der Waals surface area contributed by atoms with E-state index in [4.69, 9.17) is 5.21 Å². The van der Waals surface area contributed by atoms with Crippen LogP contribution in [-0.2, 0) is 0 Å². The van der Waals surface area contributed by atoms with Crippen molar-refractivity contribution in [3.63, 3.8) is 0 Å². The molecule has 2 heterocycles. The molecule has 0 amide bonds. The van der Waals surface area contributed by atoms with E-state index < -0.39 is 5.56 Å². The molecule has 0 unspecified atom stereocenters. The Morgan fingerprint density at radius 3 is 3.09 bits per heavy atom. The fourth-order valence-electron chi connectivity index (χ4n) is 0.851. The third-order valence-corrected chi connectivity index (χ3v) is 1.33. The van der Waals surface area contributed by atoms with Crippen molar-refractivity contribution in [3.05, 3.63) is 23.0 Å². The van der Waals surface area contributed by atoms with Crippen molar-refractivity contribution in [2.24, 2.45) is 0 Å². The molecule has 56 valence electrons. The zero-order valence-corrected chi connectivity index (χ0v) is 5.35. The largest absolute Gasteiger partial charge is 0.427 e. The van der Waals surface area contributed by atoms with Gasteiger partial charge in [0, 0.05) is 0 Å². The highest BCUT2D eigenvalue weighted by Crippen LogP contribution is 1.98. The number of nitrogens with zero attached hydrogens (tertiary/aromatic N) is 3. The zero-order chi connectivity index (χ0) is 7.84. The average molecular weight is 152 g/mol. The standard InChI is InChI=1S/C5H4N4O2/c10-5-3-4(6-1-7-5)8-2-9(3)11/h1-2,11H,(H,6,7,10). The van der Waals surface area contributed by atoms with E-state index in [1.807, 2.05) is 0 Å². The normalized spacial score (nSPS) is 10.5. The Kier molecular flexibility index (Phi) is 0.974. The van der Waals surface area contributed by atoms with E-state index in [0.29, 0.717) is 4.73 Å². The molecule has 2 aromatic heterocycles. The fourth-order valence-corrected chi connectivity index (χ4v) is 0.851. The second kappa shape index (κ2) is 1.82. The van der Waals surface area contributed by atoms with Gasteiger partial charge in [0.2, 0.25) is 0 Å². The average Bonchev–Trinajstić information content (AvgIpc) is 2.34. The molecule has 6 heteroatoms. The monoisotopic (exact) mass is 152 g/mol. The first-order valence-electron chi connectivity index (χ1n) is 2.89. The highest BCUT2D eigenvalue weighted by atomic mass is 16.5.